The summed E-state index contributed by atoms with van der Waals surface area (Å²) in [5, 5.41) is 0. The van der Waals surface area contributed by atoms with Gasteiger partial charge in [-0.05, 0) is 12.8 Å². The molecule has 3 nitrogen and oxygen atoms in total. The molecule has 0 atom stereocenters. The number of H-pyrrole nitrogens is 1. The summed E-state index contributed by atoms with van der Waals surface area (Å²) in [6.07, 6.45) is 5.83. The standard InChI is InChI=1S/C7H11N3.2ClH/c8-6-3-5(4-6)7-9-1-2-10-7;;/h1-2,5-6H,3-4,8H2,(H,9,10);2*1H/t5-,6+;;. The third kappa shape index (κ3) is 2.12. The van der Waals surface area contributed by atoms with E-state index >= 15 is 0 Å². The number of aromatic nitrogens is 2. The van der Waals surface area contributed by atoms with Crippen molar-refractivity contribution in [1.82, 2.24) is 9.97 Å². The van der Waals surface area contributed by atoms with Gasteiger partial charge in [-0.25, -0.2) is 4.98 Å². The molecule has 12 heavy (non-hydrogen) atoms. The molecule has 1 aromatic rings. The smallest absolute Gasteiger partial charge is 0.109 e. The van der Waals surface area contributed by atoms with E-state index in [-0.39, 0.29) is 24.8 Å². The molecule has 0 amide bonds. The number of nitrogens with one attached hydrogen (secondary N) is 1. The molecule has 0 radical (unpaired) electrons. The minimum Gasteiger partial charge on any atom is -0.348 e. The first kappa shape index (κ1) is 11.8. The van der Waals surface area contributed by atoms with E-state index in [1.807, 2.05) is 6.20 Å². The van der Waals surface area contributed by atoms with Crippen molar-refractivity contribution in [2.45, 2.75) is 24.8 Å². The first-order chi connectivity index (χ1) is 4.86. The lowest BCUT2D eigenvalue weighted by Gasteiger charge is -2.30. The van der Waals surface area contributed by atoms with Crippen LogP contribution in [0.2, 0.25) is 0 Å². The molecule has 0 bridgehead atoms. The van der Waals surface area contributed by atoms with E-state index in [1.165, 1.54) is 0 Å². The van der Waals surface area contributed by atoms with Gasteiger partial charge in [0.2, 0.25) is 0 Å². The summed E-state index contributed by atoms with van der Waals surface area (Å²) < 4.78 is 0. The molecule has 0 aromatic carbocycles. The molecule has 0 aliphatic heterocycles. The van der Waals surface area contributed by atoms with Crippen LogP contribution in [0.1, 0.15) is 24.6 Å². The Morgan fingerprint density at radius 2 is 2.08 bits per heavy atom. The molecule has 3 N–H and O–H groups in total. The average molecular weight is 210 g/mol. The molecule has 1 aliphatic carbocycles. The van der Waals surface area contributed by atoms with Crippen molar-refractivity contribution in [3.05, 3.63) is 18.2 Å². The quantitative estimate of drug-likeness (QED) is 0.737. The third-order valence-electron chi connectivity index (χ3n) is 2.08. The number of rotatable bonds is 1. The van der Waals surface area contributed by atoms with Crippen LogP contribution in [0.5, 0.6) is 0 Å². The SMILES string of the molecule is Cl.Cl.N[C@H]1C[C@@H](c2ncc[nH]2)C1. The molecular weight excluding hydrogens is 197 g/mol. The fraction of sp³-hybridized carbons (Fsp3) is 0.571. The highest BCUT2D eigenvalue weighted by Crippen LogP contribution is 2.33. The van der Waals surface area contributed by atoms with E-state index in [9.17, 15) is 0 Å². The van der Waals surface area contributed by atoms with E-state index in [2.05, 4.69) is 9.97 Å². The second kappa shape index (κ2) is 4.70. The van der Waals surface area contributed by atoms with Gasteiger partial charge in [0.25, 0.3) is 0 Å². The summed E-state index contributed by atoms with van der Waals surface area (Å²) in [6, 6.07) is 0.412. The Morgan fingerprint density at radius 1 is 1.42 bits per heavy atom. The van der Waals surface area contributed by atoms with Crippen LogP contribution >= 0.6 is 24.8 Å². The topological polar surface area (TPSA) is 54.7 Å². The minimum absolute atomic E-state index is 0. The monoisotopic (exact) mass is 209 g/mol. The highest BCUT2D eigenvalue weighted by atomic mass is 35.5. The van der Waals surface area contributed by atoms with Gasteiger partial charge in [-0.15, -0.1) is 24.8 Å². The van der Waals surface area contributed by atoms with Gasteiger partial charge in [-0.2, -0.15) is 0 Å². The summed E-state index contributed by atoms with van der Waals surface area (Å²) >= 11 is 0. The van der Waals surface area contributed by atoms with Gasteiger partial charge in [0.15, 0.2) is 0 Å². The number of imidazole rings is 1. The van der Waals surface area contributed by atoms with Gasteiger partial charge in [-0.1, -0.05) is 0 Å². The van der Waals surface area contributed by atoms with Crippen LogP contribution < -0.4 is 5.73 Å². The van der Waals surface area contributed by atoms with E-state index in [1.54, 1.807) is 6.20 Å². The zero-order valence-electron chi connectivity index (χ0n) is 6.56. The zero-order chi connectivity index (χ0) is 6.97. The van der Waals surface area contributed by atoms with Crippen LogP contribution in [-0.4, -0.2) is 16.0 Å². The predicted octanol–water partition coefficient (Wildman–Crippen LogP) is 1.46. The molecular formula is C7H13Cl2N3. The maximum Gasteiger partial charge on any atom is 0.109 e. The number of nitrogens with two attached hydrogens (primary N) is 1. The fourth-order valence-corrected chi connectivity index (χ4v) is 1.39. The molecule has 1 heterocycles. The first-order valence-corrected chi connectivity index (χ1v) is 3.61. The van der Waals surface area contributed by atoms with E-state index in [0.717, 1.165) is 18.7 Å². The Bertz CT molecular complexity index is 206. The molecule has 2 rings (SSSR count). The van der Waals surface area contributed by atoms with E-state index in [4.69, 9.17) is 5.73 Å². The Morgan fingerprint density at radius 3 is 2.50 bits per heavy atom. The molecule has 70 valence electrons. The van der Waals surface area contributed by atoms with Crippen molar-refractivity contribution in [2.24, 2.45) is 5.73 Å². The normalized spacial score (nSPS) is 26.4. The number of halogens is 2. The highest BCUT2D eigenvalue weighted by molar-refractivity contribution is 5.85. The van der Waals surface area contributed by atoms with Crippen molar-refractivity contribution in [3.63, 3.8) is 0 Å². The maximum atomic E-state index is 5.63. The zero-order valence-corrected chi connectivity index (χ0v) is 8.20. The maximum absolute atomic E-state index is 5.63. The Labute approximate surface area is 84.0 Å². The van der Waals surface area contributed by atoms with Gasteiger partial charge in [0.05, 0.1) is 0 Å². The molecule has 1 aromatic heterocycles. The van der Waals surface area contributed by atoms with Gasteiger partial charge in [-0.3, -0.25) is 0 Å². The number of hydrogen-bond donors (Lipinski definition) is 2. The summed E-state index contributed by atoms with van der Waals surface area (Å²) in [5.74, 6) is 1.70. The summed E-state index contributed by atoms with van der Waals surface area (Å²) in [7, 11) is 0. The lowest BCUT2D eigenvalue weighted by Crippen LogP contribution is -2.35. The molecule has 0 saturated heterocycles. The van der Waals surface area contributed by atoms with Crippen LogP contribution in [-0.2, 0) is 0 Å². The van der Waals surface area contributed by atoms with Crippen molar-refractivity contribution < 1.29 is 0 Å². The summed E-state index contributed by atoms with van der Waals surface area (Å²) in [4.78, 5) is 7.25. The summed E-state index contributed by atoms with van der Waals surface area (Å²) in [6.45, 7) is 0. The van der Waals surface area contributed by atoms with E-state index < -0.39 is 0 Å². The molecule has 1 fully saturated rings. The van der Waals surface area contributed by atoms with Crippen LogP contribution in [0.4, 0.5) is 0 Å². The summed E-state index contributed by atoms with van der Waals surface area (Å²) in [5.41, 5.74) is 5.63. The van der Waals surface area contributed by atoms with Crippen LogP contribution in [0, 0.1) is 0 Å². The Balaban J connectivity index is 0.000000605. The second-order valence-corrected chi connectivity index (χ2v) is 2.90. The molecule has 1 aliphatic rings. The van der Waals surface area contributed by atoms with Gasteiger partial charge < -0.3 is 10.7 Å². The molecule has 0 unspecified atom stereocenters. The average Bonchev–Trinajstić information content (AvgIpc) is 2.31. The number of hydrogen-bond acceptors (Lipinski definition) is 2. The largest absolute Gasteiger partial charge is 0.348 e. The lowest BCUT2D eigenvalue weighted by molar-refractivity contribution is 0.340. The fourth-order valence-electron chi connectivity index (χ4n) is 1.39. The van der Waals surface area contributed by atoms with Crippen LogP contribution in [0.15, 0.2) is 12.4 Å². The predicted molar refractivity (Wildman–Crippen MR) is 53.0 cm³/mol. The minimum atomic E-state index is 0. The number of aromatic amines is 1. The van der Waals surface area contributed by atoms with Crippen LogP contribution in [0.25, 0.3) is 0 Å². The first-order valence-electron chi connectivity index (χ1n) is 3.61. The van der Waals surface area contributed by atoms with Gasteiger partial charge in [0.1, 0.15) is 5.82 Å². The van der Waals surface area contributed by atoms with Crippen molar-refractivity contribution >= 4 is 24.8 Å². The van der Waals surface area contributed by atoms with E-state index in [0.29, 0.717) is 12.0 Å². The van der Waals surface area contributed by atoms with Crippen LogP contribution in [0.3, 0.4) is 0 Å². The Kier molecular flexibility index (Phi) is 4.60. The second-order valence-electron chi connectivity index (χ2n) is 2.90. The van der Waals surface area contributed by atoms with Crippen molar-refractivity contribution in [3.8, 4) is 0 Å². The van der Waals surface area contributed by atoms with Gasteiger partial charge in [0, 0.05) is 24.4 Å². The highest BCUT2D eigenvalue weighted by Gasteiger charge is 2.28. The van der Waals surface area contributed by atoms with Crippen molar-refractivity contribution in [2.75, 3.05) is 0 Å². The van der Waals surface area contributed by atoms with Gasteiger partial charge >= 0.3 is 0 Å². The lowest BCUT2D eigenvalue weighted by atomic mass is 9.80. The van der Waals surface area contributed by atoms with Crippen molar-refractivity contribution in [1.29, 1.82) is 0 Å². The Hall–Kier alpha value is -0.250. The number of nitrogens with zero attached hydrogens (tertiary/aromatic N) is 1. The molecule has 0 spiro atoms. The molecule has 1 saturated carbocycles. The third-order valence-corrected chi connectivity index (χ3v) is 2.08. The molecule has 5 heteroatoms.